The van der Waals surface area contributed by atoms with Gasteiger partial charge in [-0.15, -0.1) is 0 Å². The number of likely N-dealkylation sites (N-methyl/N-ethyl adjacent to an activating group) is 1. The van der Waals surface area contributed by atoms with Crippen LogP contribution in [0.1, 0.15) is 22.8 Å². The molecule has 0 radical (unpaired) electrons. The molecule has 1 atom stereocenters. The molecule has 0 aromatic heterocycles. The molecule has 0 bridgehead atoms. The molecule has 1 aromatic rings. The third-order valence-electron chi connectivity index (χ3n) is 3.64. The molecule has 23 heavy (non-hydrogen) atoms. The van der Waals surface area contributed by atoms with Gasteiger partial charge in [-0.1, -0.05) is 0 Å². The first-order valence-electron chi connectivity index (χ1n) is 7.14. The van der Waals surface area contributed by atoms with Crippen LogP contribution in [0.15, 0.2) is 18.2 Å². The van der Waals surface area contributed by atoms with Crippen LogP contribution < -0.4 is 4.31 Å². The number of esters is 1. The van der Waals surface area contributed by atoms with Gasteiger partial charge in [-0.05, 0) is 37.1 Å². The van der Waals surface area contributed by atoms with Gasteiger partial charge in [-0.2, -0.15) is 0 Å². The Bertz CT molecular complexity index is 742. The van der Waals surface area contributed by atoms with Crippen molar-refractivity contribution in [2.24, 2.45) is 0 Å². The summed E-state index contributed by atoms with van der Waals surface area (Å²) in [5, 5.41) is 0. The first-order valence-corrected chi connectivity index (χ1v) is 8.99. The van der Waals surface area contributed by atoms with E-state index in [0.717, 1.165) is 11.8 Å². The average Bonchev–Trinajstić information content (AvgIpc) is 2.88. The minimum atomic E-state index is -3.32. The maximum absolute atomic E-state index is 12.1. The molecule has 0 spiro atoms. The van der Waals surface area contributed by atoms with E-state index in [1.807, 2.05) is 0 Å². The number of sulfonamides is 1. The molecular formula is C15H20N2O5S. The molecule has 0 saturated heterocycles. The molecule has 7 nitrogen and oxygen atoms in total. The van der Waals surface area contributed by atoms with Crippen LogP contribution in [0.2, 0.25) is 0 Å². The van der Waals surface area contributed by atoms with Crippen molar-refractivity contribution in [3.63, 3.8) is 0 Å². The number of nitrogens with zero attached hydrogens (tertiary/aromatic N) is 2. The number of hydrogen-bond acceptors (Lipinski definition) is 5. The first kappa shape index (κ1) is 17.3. The number of carbonyl (C=O) groups excluding carboxylic acids is 2. The third-order valence-corrected chi connectivity index (χ3v) is 4.82. The highest BCUT2D eigenvalue weighted by molar-refractivity contribution is 7.92. The van der Waals surface area contributed by atoms with Gasteiger partial charge in [0.1, 0.15) is 0 Å². The van der Waals surface area contributed by atoms with Gasteiger partial charge < -0.3 is 9.64 Å². The maximum atomic E-state index is 12.1. The minimum Gasteiger partial charge on any atom is -0.449 e. The van der Waals surface area contributed by atoms with Crippen molar-refractivity contribution in [1.82, 2.24) is 4.90 Å². The quantitative estimate of drug-likeness (QED) is 0.751. The Kier molecular flexibility index (Phi) is 4.65. The number of fused-ring (bicyclic) bond motifs is 1. The van der Waals surface area contributed by atoms with Crippen LogP contribution in [0.5, 0.6) is 0 Å². The summed E-state index contributed by atoms with van der Waals surface area (Å²) in [6.45, 7) is 1.88. The van der Waals surface area contributed by atoms with Gasteiger partial charge in [0.25, 0.3) is 5.91 Å². The van der Waals surface area contributed by atoms with Crippen molar-refractivity contribution in [2.75, 3.05) is 31.2 Å². The standard InChI is InChI=1S/C15H20N2O5S/c1-10(14(18)16(2)3)22-15(19)12-5-6-13-11(9-12)7-8-17(13)23(4,20)21/h5-6,9-10H,7-8H2,1-4H3/t10-/m1/s1. The highest BCUT2D eigenvalue weighted by atomic mass is 32.2. The summed E-state index contributed by atoms with van der Waals surface area (Å²) in [5.41, 5.74) is 1.66. The Balaban J connectivity index is 2.17. The Morgan fingerprint density at radius 1 is 1.30 bits per heavy atom. The zero-order valence-corrected chi connectivity index (χ0v) is 14.4. The van der Waals surface area contributed by atoms with Crippen molar-refractivity contribution in [1.29, 1.82) is 0 Å². The second-order valence-electron chi connectivity index (χ2n) is 5.71. The molecule has 0 saturated carbocycles. The number of hydrogen-bond donors (Lipinski definition) is 0. The SMILES string of the molecule is C[C@@H](OC(=O)c1ccc2c(c1)CCN2S(C)(=O)=O)C(=O)N(C)C. The lowest BCUT2D eigenvalue weighted by molar-refractivity contribution is -0.137. The van der Waals surface area contributed by atoms with E-state index in [1.165, 1.54) is 22.2 Å². The average molecular weight is 340 g/mol. The van der Waals surface area contributed by atoms with Crippen molar-refractivity contribution < 1.29 is 22.7 Å². The molecule has 0 aliphatic carbocycles. The molecule has 2 rings (SSSR count). The lowest BCUT2D eigenvalue weighted by atomic mass is 10.1. The second kappa shape index (κ2) is 6.19. The van der Waals surface area contributed by atoms with Crippen LogP contribution in [0, 0.1) is 0 Å². The van der Waals surface area contributed by atoms with E-state index in [2.05, 4.69) is 0 Å². The molecule has 0 unspecified atom stereocenters. The summed E-state index contributed by atoms with van der Waals surface area (Å²) in [5.74, 6) is -0.906. The fourth-order valence-electron chi connectivity index (χ4n) is 2.49. The van der Waals surface area contributed by atoms with Gasteiger partial charge in [0.15, 0.2) is 6.10 Å². The summed E-state index contributed by atoms with van der Waals surface area (Å²) >= 11 is 0. The van der Waals surface area contributed by atoms with E-state index in [4.69, 9.17) is 4.74 Å². The predicted molar refractivity (Wildman–Crippen MR) is 85.9 cm³/mol. The number of benzene rings is 1. The van der Waals surface area contributed by atoms with Gasteiger partial charge >= 0.3 is 5.97 Å². The fraction of sp³-hybridized carbons (Fsp3) is 0.467. The first-order chi connectivity index (χ1) is 10.6. The molecule has 1 amide bonds. The van der Waals surface area contributed by atoms with E-state index in [0.29, 0.717) is 24.2 Å². The minimum absolute atomic E-state index is 0.303. The molecule has 0 fully saturated rings. The highest BCUT2D eigenvalue weighted by Gasteiger charge is 2.27. The second-order valence-corrected chi connectivity index (χ2v) is 7.62. The molecule has 8 heteroatoms. The van der Waals surface area contributed by atoms with Gasteiger partial charge in [-0.25, -0.2) is 13.2 Å². The third kappa shape index (κ3) is 3.64. The van der Waals surface area contributed by atoms with Crippen LogP contribution in [0.4, 0.5) is 5.69 Å². The van der Waals surface area contributed by atoms with Gasteiger partial charge in [0, 0.05) is 20.6 Å². The van der Waals surface area contributed by atoms with E-state index >= 15 is 0 Å². The Morgan fingerprint density at radius 2 is 1.96 bits per heavy atom. The molecule has 1 aromatic carbocycles. The van der Waals surface area contributed by atoms with Crippen LogP contribution in [-0.2, 0) is 26.0 Å². The number of rotatable bonds is 4. The largest absolute Gasteiger partial charge is 0.449 e. The molecule has 1 heterocycles. The fourth-order valence-corrected chi connectivity index (χ4v) is 3.44. The number of carbonyl (C=O) groups is 2. The predicted octanol–water partition coefficient (Wildman–Crippen LogP) is 0.642. The van der Waals surface area contributed by atoms with E-state index in [1.54, 1.807) is 26.2 Å². The van der Waals surface area contributed by atoms with Crippen LogP contribution in [0.3, 0.4) is 0 Å². The number of ether oxygens (including phenoxy) is 1. The summed E-state index contributed by atoms with van der Waals surface area (Å²) in [6.07, 6.45) is 0.812. The number of amides is 1. The lowest BCUT2D eigenvalue weighted by Crippen LogP contribution is -2.34. The maximum Gasteiger partial charge on any atom is 0.338 e. The summed E-state index contributed by atoms with van der Waals surface area (Å²) < 4.78 is 29.8. The van der Waals surface area contributed by atoms with Crippen LogP contribution in [0.25, 0.3) is 0 Å². The monoisotopic (exact) mass is 340 g/mol. The molecular weight excluding hydrogens is 320 g/mol. The summed E-state index contributed by atoms with van der Waals surface area (Å²) in [7, 11) is -0.152. The smallest absolute Gasteiger partial charge is 0.338 e. The van der Waals surface area contributed by atoms with Crippen LogP contribution in [-0.4, -0.2) is 58.2 Å². The van der Waals surface area contributed by atoms with Crippen molar-refractivity contribution in [3.8, 4) is 0 Å². The van der Waals surface area contributed by atoms with Crippen molar-refractivity contribution >= 4 is 27.6 Å². The molecule has 126 valence electrons. The zero-order chi connectivity index (χ0) is 17.4. The Labute approximate surface area is 135 Å². The molecule has 1 aliphatic heterocycles. The van der Waals surface area contributed by atoms with Gasteiger partial charge in [0.2, 0.25) is 10.0 Å². The molecule has 0 N–H and O–H groups in total. The van der Waals surface area contributed by atoms with Crippen molar-refractivity contribution in [2.45, 2.75) is 19.4 Å². The Morgan fingerprint density at radius 3 is 2.52 bits per heavy atom. The normalized spacial score (nSPS) is 15.0. The van der Waals surface area contributed by atoms with Gasteiger partial charge in [0.05, 0.1) is 17.5 Å². The topological polar surface area (TPSA) is 84.0 Å². The van der Waals surface area contributed by atoms with Crippen molar-refractivity contribution in [3.05, 3.63) is 29.3 Å². The molecule has 1 aliphatic rings. The summed E-state index contributed by atoms with van der Waals surface area (Å²) in [4.78, 5) is 25.2. The number of anilines is 1. The zero-order valence-electron chi connectivity index (χ0n) is 13.6. The van der Waals surface area contributed by atoms with E-state index in [-0.39, 0.29) is 5.91 Å². The highest BCUT2D eigenvalue weighted by Crippen LogP contribution is 2.30. The summed E-state index contributed by atoms with van der Waals surface area (Å²) in [6, 6.07) is 4.73. The van der Waals surface area contributed by atoms with E-state index < -0.39 is 22.1 Å². The van der Waals surface area contributed by atoms with Crippen LogP contribution >= 0.6 is 0 Å². The van der Waals surface area contributed by atoms with E-state index in [9.17, 15) is 18.0 Å². The lowest BCUT2D eigenvalue weighted by Gasteiger charge is -2.18. The Hall–Kier alpha value is -2.09. The van der Waals surface area contributed by atoms with Gasteiger partial charge in [-0.3, -0.25) is 9.10 Å².